The van der Waals surface area contributed by atoms with E-state index in [1.807, 2.05) is 11.1 Å². The molecule has 3 heterocycles. The predicted octanol–water partition coefficient (Wildman–Crippen LogP) is 2.77. The fourth-order valence-corrected chi connectivity index (χ4v) is 4.19. The topological polar surface area (TPSA) is 61.5 Å². The van der Waals surface area contributed by atoms with E-state index >= 15 is 0 Å². The third-order valence-electron chi connectivity index (χ3n) is 5.82. The molecule has 2 saturated heterocycles. The molecule has 2 aromatic rings. The first-order valence-electron chi connectivity index (χ1n) is 9.83. The summed E-state index contributed by atoms with van der Waals surface area (Å²) < 4.78 is 5.78. The molecule has 0 saturated carbocycles. The van der Waals surface area contributed by atoms with Gasteiger partial charge in [0.2, 0.25) is 5.91 Å². The number of piperidine rings is 1. The van der Waals surface area contributed by atoms with Crippen molar-refractivity contribution < 1.29 is 9.53 Å². The minimum absolute atomic E-state index is 0.145. The lowest BCUT2D eigenvalue weighted by atomic mass is 10.00. The fraction of sp³-hybridized carbons (Fsp3) is 0.524. The lowest BCUT2D eigenvalue weighted by Crippen LogP contribution is -2.51. The molecule has 144 valence electrons. The number of carbonyl (C=O) groups excluding carboxylic acids is 1. The van der Waals surface area contributed by atoms with Crippen molar-refractivity contribution in [2.45, 2.75) is 38.8 Å². The van der Waals surface area contributed by atoms with Crippen LogP contribution in [-0.4, -0.2) is 64.6 Å². The summed E-state index contributed by atoms with van der Waals surface area (Å²) in [4.78, 5) is 24.3. The van der Waals surface area contributed by atoms with Crippen molar-refractivity contribution in [3.05, 3.63) is 41.9 Å². The van der Waals surface area contributed by atoms with Crippen LogP contribution >= 0.6 is 0 Å². The van der Waals surface area contributed by atoms with E-state index < -0.39 is 0 Å². The van der Waals surface area contributed by atoms with E-state index in [0.717, 1.165) is 56.2 Å². The van der Waals surface area contributed by atoms with Crippen LogP contribution in [0.4, 0.5) is 0 Å². The maximum Gasteiger partial charge on any atom is 0.219 e. The monoisotopic (exact) mass is 368 g/mol. The first-order chi connectivity index (χ1) is 13.1. The zero-order valence-electron chi connectivity index (χ0n) is 16.1. The summed E-state index contributed by atoms with van der Waals surface area (Å²) >= 11 is 0. The average molecular weight is 368 g/mol. The van der Waals surface area contributed by atoms with Crippen LogP contribution in [0.15, 0.2) is 30.5 Å². The van der Waals surface area contributed by atoms with Gasteiger partial charge in [-0.2, -0.15) is 0 Å². The molecule has 2 aliphatic rings. The van der Waals surface area contributed by atoms with Crippen molar-refractivity contribution in [1.29, 1.82) is 0 Å². The average Bonchev–Trinajstić information content (AvgIpc) is 3.19. The predicted molar refractivity (Wildman–Crippen MR) is 104 cm³/mol. The molecule has 6 heteroatoms. The Morgan fingerprint density at radius 3 is 2.63 bits per heavy atom. The van der Waals surface area contributed by atoms with Crippen LogP contribution in [0, 0.1) is 6.92 Å². The highest BCUT2D eigenvalue weighted by Crippen LogP contribution is 2.30. The number of amides is 1. The first-order valence-corrected chi connectivity index (χ1v) is 9.83. The molecule has 6 nitrogen and oxygen atoms in total. The maximum absolute atomic E-state index is 11.6. The van der Waals surface area contributed by atoms with Gasteiger partial charge in [-0.1, -0.05) is 29.8 Å². The lowest BCUT2D eigenvalue weighted by molar-refractivity contribution is -0.131. The number of likely N-dealkylation sites (tertiary alicyclic amines) is 1. The summed E-state index contributed by atoms with van der Waals surface area (Å²) in [6.07, 6.45) is 3.95. The molecule has 27 heavy (non-hydrogen) atoms. The van der Waals surface area contributed by atoms with Crippen molar-refractivity contribution in [2.24, 2.45) is 0 Å². The summed E-state index contributed by atoms with van der Waals surface area (Å²) in [6, 6.07) is 9.11. The van der Waals surface area contributed by atoms with Gasteiger partial charge in [0, 0.05) is 32.6 Å². The molecule has 1 aromatic carbocycles. The van der Waals surface area contributed by atoms with Gasteiger partial charge in [-0.25, -0.2) is 4.98 Å². The Morgan fingerprint density at radius 2 is 1.93 bits per heavy atom. The second kappa shape index (κ2) is 7.82. The Balaban J connectivity index is 1.50. The van der Waals surface area contributed by atoms with Crippen LogP contribution in [0.2, 0.25) is 0 Å². The second-order valence-corrected chi connectivity index (χ2v) is 7.61. The number of imidazole rings is 1. The quantitative estimate of drug-likeness (QED) is 0.905. The summed E-state index contributed by atoms with van der Waals surface area (Å²) in [7, 11) is 0. The summed E-state index contributed by atoms with van der Waals surface area (Å²) in [5.41, 5.74) is 3.45. The van der Waals surface area contributed by atoms with Crippen molar-refractivity contribution in [3.8, 4) is 11.3 Å². The Kier molecular flexibility index (Phi) is 5.27. The smallest absolute Gasteiger partial charge is 0.219 e. The molecule has 1 amide bonds. The molecule has 0 aliphatic carbocycles. The SMILES string of the molecule is CC(=O)N1CCC(N2CCOCC2c2ncc(-c3ccc(C)cc3)[nH]2)CC1. The molecular weight excluding hydrogens is 340 g/mol. The number of hydrogen-bond acceptors (Lipinski definition) is 4. The van der Waals surface area contributed by atoms with Gasteiger partial charge in [-0.05, 0) is 25.3 Å². The van der Waals surface area contributed by atoms with Gasteiger partial charge >= 0.3 is 0 Å². The molecular formula is C21H28N4O2. The third kappa shape index (κ3) is 3.92. The molecule has 0 spiro atoms. The van der Waals surface area contributed by atoms with Crippen LogP contribution < -0.4 is 0 Å². The number of rotatable bonds is 3. The van der Waals surface area contributed by atoms with Gasteiger partial charge in [0.05, 0.1) is 31.1 Å². The van der Waals surface area contributed by atoms with Crippen molar-refractivity contribution in [3.63, 3.8) is 0 Å². The van der Waals surface area contributed by atoms with Gasteiger partial charge in [0.25, 0.3) is 0 Å². The maximum atomic E-state index is 11.6. The summed E-state index contributed by atoms with van der Waals surface area (Å²) in [5, 5.41) is 0. The van der Waals surface area contributed by atoms with Crippen molar-refractivity contribution >= 4 is 5.91 Å². The highest BCUT2D eigenvalue weighted by molar-refractivity contribution is 5.73. The zero-order chi connectivity index (χ0) is 18.8. The molecule has 0 bridgehead atoms. The number of H-pyrrole nitrogens is 1. The van der Waals surface area contributed by atoms with Gasteiger partial charge in [-0.3, -0.25) is 9.69 Å². The molecule has 2 aliphatic heterocycles. The number of aromatic nitrogens is 2. The van der Waals surface area contributed by atoms with Crippen LogP contribution in [0.5, 0.6) is 0 Å². The van der Waals surface area contributed by atoms with E-state index in [9.17, 15) is 4.79 Å². The first kappa shape index (κ1) is 18.2. The van der Waals surface area contributed by atoms with Crippen LogP contribution in [0.3, 0.4) is 0 Å². The number of benzene rings is 1. The lowest BCUT2D eigenvalue weighted by Gasteiger charge is -2.43. The number of ether oxygens (including phenoxy) is 1. The highest BCUT2D eigenvalue weighted by Gasteiger charge is 2.34. The standard InChI is InChI=1S/C21H28N4O2/c1-15-3-5-17(6-4-15)19-13-22-21(23-19)20-14-27-12-11-25(20)18-7-9-24(10-8-18)16(2)26/h3-6,13,18,20H,7-12,14H2,1-2H3,(H,22,23). The van der Waals surface area contributed by atoms with E-state index in [4.69, 9.17) is 4.74 Å². The molecule has 1 N–H and O–H groups in total. The van der Waals surface area contributed by atoms with Crippen LogP contribution in [-0.2, 0) is 9.53 Å². The largest absolute Gasteiger partial charge is 0.378 e. The molecule has 0 radical (unpaired) electrons. The normalized spacial score (nSPS) is 22.1. The van der Waals surface area contributed by atoms with E-state index in [1.165, 1.54) is 5.56 Å². The molecule has 4 rings (SSSR count). The van der Waals surface area contributed by atoms with Gasteiger partial charge < -0.3 is 14.6 Å². The zero-order valence-corrected chi connectivity index (χ0v) is 16.1. The number of morpholine rings is 1. The van der Waals surface area contributed by atoms with Gasteiger partial charge in [-0.15, -0.1) is 0 Å². The fourth-order valence-electron chi connectivity index (χ4n) is 4.19. The Morgan fingerprint density at radius 1 is 1.19 bits per heavy atom. The number of carbonyl (C=O) groups is 1. The Hall–Kier alpha value is -2.18. The Bertz CT molecular complexity index is 778. The third-order valence-corrected chi connectivity index (χ3v) is 5.82. The number of hydrogen-bond donors (Lipinski definition) is 1. The number of nitrogens with one attached hydrogen (secondary N) is 1. The molecule has 1 aromatic heterocycles. The van der Waals surface area contributed by atoms with Crippen LogP contribution in [0.25, 0.3) is 11.3 Å². The van der Waals surface area contributed by atoms with Crippen LogP contribution in [0.1, 0.15) is 37.2 Å². The van der Waals surface area contributed by atoms with E-state index in [-0.39, 0.29) is 11.9 Å². The molecule has 1 atom stereocenters. The minimum atomic E-state index is 0.145. The minimum Gasteiger partial charge on any atom is -0.378 e. The number of aryl methyl sites for hydroxylation is 1. The summed E-state index contributed by atoms with van der Waals surface area (Å²) in [5.74, 6) is 1.15. The Labute approximate surface area is 160 Å². The van der Waals surface area contributed by atoms with E-state index in [1.54, 1.807) is 6.92 Å². The second-order valence-electron chi connectivity index (χ2n) is 7.61. The molecule has 2 fully saturated rings. The number of aromatic amines is 1. The number of nitrogens with zero attached hydrogens (tertiary/aromatic N) is 3. The van der Waals surface area contributed by atoms with E-state index in [2.05, 4.69) is 46.1 Å². The van der Waals surface area contributed by atoms with Gasteiger partial charge in [0.1, 0.15) is 5.82 Å². The van der Waals surface area contributed by atoms with Crippen molar-refractivity contribution in [2.75, 3.05) is 32.8 Å². The summed E-state index contributed by atoms with van der Waals surface area (Å²) in [6.45, 7) is 7.77. The molecule has 1 unspecified atom stereocenters. The van der Waals surface area contributed by atoms with Crippen molar-refractivity contribution in [1.82, 2.24) is 19.8 Å². The highest BCUT2D eigenvalue weighted by atomic mass is 16.5. The van der Waals surface area contributed by atoms with Gasteiger partial charge in [0.15, 0.2) is 0 Å². The van der Waals surface area contributed by atoms with E-state index in [0.29, 0.717) is 12.6 Å².